The zero-order valence-corrected chi connectivity index (χ0v) is 14.6. The van der Waals surface area contributed by atoms with Gasteiger partial charge in [-0.3, -0.25) is 4.79 Å². The first kappa shape index (κ1) is 16.4. The molecule has 7 nitrogen and oxygen atoms in total. The summed E-state index contributed by atoms with van der Waals surface area (Å²) in [5.41, 5.74) is 15.1. The Labute approximate surface area is 151 Å². The van der Waals surface area contributed by atoms with Crippen LogP contribution in [0.2, 0.25) is 0 Å². The van der Waals surface area contributed by atoms with E-state index in [1.165, 1.54) is 6.33 Å². The van der Waals surface area contributed by atoms with Crippen LogP contribution in [-0.4, -0.2) is 27.4 Å². The smallest absolute Gasteiger partial charge is 0.155 e. The lowest BCUT2D eigenvalue weighted by atomic mass is 9.94. The molecule has 1 fully saturated rings. The van der Waals surface area contributed by atoms with Gasteiger partial charge in [0.15, 0.2) is 5.78 Å². The van der Waals surface area contributed by atoms with Crippen LogP contribution in [0, 0.1) is 0 Å². The fourth-order valence-electron chi connectivity index (χ4n) is 3.70. The molecule has 1 saturated carbocycles. The first-order valence-electron chi connectivity index (χ1n) is 8.67. The molecule has 26 heavy (non-hydrogen) atoms. The Kier molecular flexibility index (Phi) is 3.99. The van der Waals surface area contributed by atoms with E-state index in [0.29, 0.717) is 29.3 Å². The molecule has 1 aliphatic carbocycles. The Morgan fingerprint density at radius 1 is 1.23 bits per heavy atom. The van der Waals surface area contributed by atoms with Crippen LogP contribution in [0.1, 0.15) is 31.7 Å². The molecule has 134 valence electrons. The minimum Gasteiger partial charge on any atom is -0.495 e. The van der Waals surface area contributed by atoms with E-state index in [1.54, 1.807) is 13.2 Å². The van der Waals surface area contributed by atoms with Crippen LogP contribution >= 0.6 is 0 Å². The number of rotatable bonds is 3. The van der Waals surface area contributed by atoms with Crippen LogP contribution in [0.25, 0.3) is 22.2 Å². The summed E-state index contributed by atoms with van der Waals surface area (Å²) < 4.78 is 7.29. The van der Waals surface area contributed by atoms with Crippen molar-refractivity contribution < 1.29 is 9.53 Å². The molecule has 0 saturated heterocycles. The van der Waals surface area contributed by atoms with E-state index in [-0.39, 0.29) is 11.8 Å². The van der Waals surface area contributed by atoms with Gasteiger partial charge in [-0.2, -0.15) is 0 Å². The second kappa shape index (κ2) is 6.33. The molecule has 0 bridgehead atoms. The highest BCUT2D eigenvalue weighted by Gasteiger charge is 2.27. The number of ether oxygens (including phenoxy) is 1. The summed E-state index contributed by atoms with van der Waals surface area (Å²) in [5, 5.41) is 0.748. The van der Waals surface area contributed by atoms with Crippen molar-refractivity contribution in [3.8, 4) is 16.9 Å². The second-order valence-electron chi connectivity index (χ2n) is 6.59. The normalized spacial score (nSPS) is 17.6. The largest absolute Gasteiger partial charge is 0.495 e. The average Bonchev–Trinajstić information content (AvgIpc) is 3.03. The third-order valence-corrected chi connectivity index (χ3v) is 5.04. The molecule has 1 unspecified atom stereocenters. The Morgan fingerprint density at radius 2 is 2.08 bits per heavy atom. The van der Waals surface area contributed by atoms with Gasteiger partial charge in [0.1, 0.15) is 23.5 Å². The van der Waals surface area contributed by atoms with E-state index in [4.69, 9.17) is 16.2 Å². The summed E-state index contributed by atoms with van der Waals surface area (Å²) in [5.74, 6) is 1.22. The summed E-state index contributed by atoms with van der Waals surface area (Å²) in [6.45, 7) is 0. The fraction of sp³-hybridized carbons (Fsp3) is 0.316. The summed E-state index contributed by atoms with van der Waals surface area (Å²) in [7, 11) is 1.58. The lowest BCUT2D eigenvalue weighted by molar-refractivity contribution is -0.123. The van der Waals surface area contributed by atoms with Gasteiger partial charge in [0, 0.05) is 18.2 Å². The molecule has 0 amide bonds. The predicted octanol–water partition coefficient (Wildman–Crippen LogP) is 2.96. The fourth-order valence-corrected chi connectivity index (χ4v) is 3.70. The van der Waals surface area contributed by atoms with Gasteiger partial charge in [-0.25, -0.2) is 9.97 Å². The van der Waals surface area contributed by atoms with Gasteiger partial charge in [-0.1, -0.05) is 12.5 Å². The maximum absolute atomic E-state index is 12.5. The van der Waals surface area contributed by atoms with E-state index in [0.717, 1.165) is 35.8 Å². The molecule has 4 rings (SSSR count). The second-order valence-corrected chi connectivity index (χ2v) is 6.59. The maximum Gasteiger partial charge on any atom is 0.155 e. The van der Waals surface area contributed by atoms with E-state index in [1.807, 2.05) is 22.9 Å². The molecule has 1 aliphatic rings. The molecule has 2 heterocycles. The third kappa shape index (κ3) is 2.56. The number of fused-ring (bicyclic) bond motifs is 1. The van der Waals surface area contributed by atoms with Gasteiger partial charge in [0.2, 0.25) is 0 Å². The summed E-state index contributed by atoms with van der Waals surface area (Å²) in [6.07, 6.45) is 6.80. The Balaban J connectivity index is 1.94. The van der Waals surface area contributed by atoms with Crippen LogP contribution < -0.4 is 16.2 Å². The standard InChI is InChI=1S/C19H21N5O2/c1-26-16-8-11(6-7-13(16)20)12-9-24(14-4-2-3-5-15(14)25)19-17(12)18(21)22-10-23-19/h6-10,14H,2-5,20H2,1H3,(H2,21,22,23). The lowest BCUT2D eigenvalue weighted by Gasteiger charge is -2.22. The molecule has 0 aliphatic heterocycles. The van der Waals surface area contributed by atoms with E-state index >= 15 is 0 Å². The number of hydrogen-bond acceptors (Lipinski definition) is 6. The SMILES string of the molecule is COc1cc(-c2cn(C3CCCCC3=O)c3ncnc(N)c23)ccc1N. The molecule has 7 heteroatoms. The number of hydrogen-bond donors (Lipinski definition) is 2. The van der Waals surface area contributed by atoms with Crippen molar-refractivity contribution in [1.29, 1.82) is 0 Å². The van der Waals surface area contributed by atoms with Gasteiger partial charge in [-0.15, -0.1) is 0 Å². The van der Waals surface area contributed by atoms with E-state index < -0.39 is 0 Å². The molecule has 0 spiro atoms. The van der Waals surface area contributed by atoms with Crippen molar-refractivity contribution in [2.75, 3.05) is 18.6 Å². The van der Waals surface area contributed by atoms with Gasteiger partial charge in [0.05, 0.1) is 24.2 Å². The zero-order chi connectivity index (χ0) is 18.3. The number of nitrogens with zero attached hydrogens (tertiary/aromatic N) is 3. The van der Waals surface area contributed by atoms with Crippen LogP contribution in [0.15, 0.2) is 30.7 Å². The van der Waals surface area contributed by atoms with Crippen molar-refractivity contribution in [2.24, 2.45) is 0 Å². The van der Waals surface area contributed by atoms with Gasteiger partial charge >= 0.3 is 0 Å². The van der Waals surface area contributed by atoms with Gasteiger partial charge < -0.3 is 20.8 Å². The third-order valence-electron chi connectivity index (χ3n) is 5.04. The monoisotopic (exact) mass is 351 g/mol. The molecular weight excluding hydrogens is 330 g/mol. The number of methoxy groups -OCH3 is 1. The number of aromatic nitrogens is 3. The molecule has 4 N–H and O–H groups in total. The van der Waals surface area contributed by atoms with Gasteiger partial charge in [0.25, 0.3) is 0 Å². The number of carbonyl (C=O) groups excluding carboxylic acids is 1. The van der Waals surface area contributed by atoms with Crippen molar-refractivity contribution in [3.05, 3.63) is 30.7 Å². The zero-order valence-electron chi connectivity index (χ0n) is 14.6. The molecule has 1 atom stereocenters. The van der Waals surface area contributed by atoms with Crippen molar-refractivity contribution in [1.82, 2.24) is 14.5 Å². The van der Waals surface area contributed by atoms with Crippen LogP contribution in [-0.2, 0) is 4.79 Å². The number of nitrogen functional groups attached to an aromatic ring is 2. The number of ketones is 1. The Bertz CT molecular complexity index is 995. The number of carbonyl (C=O) groups is 1. The molecule has 0 radical (unpaired) electrons. The minimum absolute atomic E-state index is 0.204. The summed E-state index contributed by atoms with van der Waals surface area (Å²) >= 11 is 0. The Hall–Kier alpha value is -3.09. The van der Waals surface area contributed by atoms with Crippen molar-refractivity contribution in [2.45, 2.75) is 31.7 Å². The molecule has 3 aromatic rings. The molecular formula is C19H21N5O2. The van der Waals surface area contributed by atoms with Gasteiger partial charge in [-0.05, 0) is 30.5 Å². The quantitative estimate of drug-likeness (QED) is 0.702. The Morgan fingerprint density at radius 3 is 2.85 bits per heavy atom. The van der Waals surface area contributed by atoms with Crippen molar-refractivity contribution >= 4 is 28.3 Å². The minimum atomic E-state index is -0.204. The van der Waals surface area contributed by atoms with Crippen LogP contribution in [0.3, 0.4) is 0 Å². The molecule has 2 aromatic heterocycles. The first-order chi connectivity index (χ1) is 12.6. The lowest BCUT2D eigenvalue weighted by Crippen LogP contribution is -2.22. The highest BCUT2D eigenvalue weighted by Crippen LogP contribution is 2.38. The number of anilines is 2. The number of benzene rings is 1. The maximum atomic E-state index is 12.5. The topological polar surface area (TPSA) is 109 Å². The van der Waals surface area contributed by atoms with E-state index in [2.05, 4.69) is 9.97 Å². The average molecular weight is 351 g/mol. The summed E-state index contributed by atoms with van der Waals surface area (Å²) in [6, 6.07) is 5.36. The highest BCUT2D eigenvalue weighted by atomic mass is 16.5. The number of Topliss-reactive ketones (excluding diaryl/α,β-unsaturated/α-hetero) is 1. The van der Waals surface area contributed by atoms with Crippen LogP contribution in [0.4, 0.5) is 11.5 Å². The molecule has 1 aromatic carbocycles. The van der Waals surface area contributed by atoms with Crippen molar-refractivity contribution in [3.63, 3.8) is 0 Å². The first-order valence-corrected chi connectivity index (χ1v) is 8.67. The summed E-state index contributed by atoms with van der Waals surface area (Å²) in [4.78, 5) is 21.0. The number of nitrogens with two attached hydrogens (primary N) is 2. The predicted molar refractivity (Wildman–Crippen MR) is 101 cm³/mol. The van der Waals surface area contributed by atoms with E-state index in [9.17, 15) is 4.79 Å². The van der Waals surface area contributed by atoms with Crippen LogP contribution in [0.5, 0.6) is 5.75 Å². The highest BCUT2D eigenvalue weighted by molar-refractivity contribution is 6.02.